The Morgan fingerprint density at radius 2 is 2.05 bits per heavy atom. The second-order valence-corrected chi connectivity index (χ2v) is 7.52. The van der Waals surface area contributed by atoms with Gasteiger partial charge in [-0.25, -0.2) is 0 Å². The molecule has 1 unspecified atom stereocenters. The summed E-state index contributed by atoms with van der Waals surface area (Å²) in [7, 11) is 0. The molecule has 0 aromatic carbocycles. The van der Waals surface area contributed by atoms with Crippen LogP contribution in [-0.2, 0) is 0 Å². The summed E-state index contributed by atoms with van der Waals surface area (Å²) in [5.41, 5.74) is 1.68. The van der Waals surface area contributed by atoms with E-state index in [0.717, 1.165) is 11.0 Å². The third-order valence-corrected chi connectivity index (χ3v) is 5.20. The van der Waals surface area contributed by atoms with E-state index in [1.165, 1.54) is 37.8 Å². The molecule has 114 valence electrons. The molecule has 0 amide bonds. The molecule has 0 aliphatic heterocycles. The van der Waals surface area contributed by atoms with Crippen LogP contribution < -0.4 is 5.32 Å². The maximum absolute atomic E-state index is 4.58. The Bertz CT molecular complexity index is 433. The molecular formula is C16H28BrN3. The highest BCUT2D eigenvalue weighted by Gasteiger charge is 2.40. The molecule has 0 radical (unpaired) electrons. The average Bonchev–Trinajstić information content (AvgIpc) is 2.98. The van der Waals surface area contributed by atoms with Gasteiger partial charge in [0.05, 0.1) is 22.4 Å². The summed E-state index contributed by atoms with van der Waals surface area (Å²) in [6.45, 7) is 10.1. The first-order chi connectivity index (χ1) is 9.49. The second kappa shape index (κ2) is 6.61. The summed E-state index contributed by atoms with van der Waals surface area (Å²) in [4.78, 5) is 0. The molecule has 1 heterocycles. The number of rotatable bonds is 6. The monoisotopic (exact) mass is 341 g/mol. The Kier molecular flexibility index (Phi) is 5.30. The van der Waals surface area contributed by atoms with Crippen LogP contribution in [0.2, 0.25) is 0 Å². The number of nitrogens with zero attached hydrogens (tertiary/aromatic N) is 2. The molecule has 0 spiro atoms. The summed E-state index contributed by atoms with van der Waals surface area (Å²) in [6.07, 6.45) is 8.45. The van der Waals surface area contributed by atoms with Crippen LogP contribution in [-0.4, -0.2) is 16.3 Å². The summed E-state index contributed by atoms with van der Waals surface area (Å²) in [6, 6.07) is 0.788. The van der Waals surface area contributed by atoms with Gasteiger partial charge in [0.25, 0.3) is 0 Å². The normalized spacial score (nSPS) is 19.7. The van der Waals surface area contributed by atoms with Crippen molar-refractivity contribution in [3.05, 3.63) is 16.4 Å². The molecule has 1 aromatic heterocycles. The SMILES string of the molecule is CCCNC(c1c(Br)cnn1C(C)C)C1(C)CCCC1. The Balaban J connectivity index is 2.38. The minimum Gasteiger partial charge on any atom is -0.308 e. The Morgan fingerprint density at radius 1 is 1.40 bits per heavy atom. The van der Waals surface area contributed by atoms with Crippen LogP contribution in [0.4, 0.5) is 0 Å². The topological polar surface area (TPSA) is 29.9 Å². The molecule has 1 N–H and O–H groups in total. The van der Waals surface area contributed by atoms with Crippen molar-refractivity contribution in [1.82, 2.24) is 15.1 Å². The highest BCUT2D eigenvalue weighted by molar-refractivity contribution is 9.10. The molecule has 1 aromatic rings. The maximum atomic E-state index is 4.58. The number of hydrogen-bond donors (Lipinski definition) is 1. The van der Waals surface area contributed by atoms with Gasteiger partial charge in [0.1, 0.15) is 0 Å². The quantitative estimate of drug-likeness (QED) is 0.801. The smallest absolute Gasteiger partial charge is 0.0704 e. The van der Waals surface area contributed by atoms with E-state index in [4.69, 9.17) is 0 Å². The van der Waals surface area contributed by atoms with Gasteiger partial charge in [0.2, 0.25) is 0 Å². The van der Waals surface area contributed by atoms with Gasteiger partial charge < -0.3 is 5.32 Å². The van der Waals surface area contributed by atoms with Gasteiger partial charge in [0.15, 0.2) is 0 Å². The van der Waals surface area contributed by atoms with Crippen LogP contribution in [0.5, 0.6) is 0 Å². The van der Waals surface area contributed by atoms with Crippen molar-refractivity contribution in [2.24, 2.45) is 5.41 Å². The van der Waals surface area contributed by atoms with E-state index < -0.39 is 0 Å². The zero-order valence-electron chi connectivity index (χ0n) is 13.2. The number of nitrogens with one attached hydrogen (secondary N) is 1. The lowest BCUT2D eigenvalue weighted by Crippen LogP contribution is -2.37. The fraction of sp³-hybridized carbons (Fsp3) is 0.812. The summed E-state index contributed by atoms with van der Waals surface area (Å²) in [5.74, 6) is 0. The fourth-order valence-electron chi connectivity index (χ4n) is 3.47. The van der Waals surface area contributed by atoms with Crippen LogP contribution in [0, 0.1) is 5.41 Å². The average molecular weight is 342 g/mol. The number of halogens is 1. The predicted octanol–water partition coefficient (Wildman–Crippen LogP) is 4.85. The van der Waals surface area contributed by atoms with Crippen LogP contribution >= 0.6 is 15.9 Å². The molecular weight excluding hydrogens is 314 g/mol. The van der Waals surface area contributed by atoms with E-state index in [2.05, 4.69) is 58.7 Å². The molecule has 1 aliphatic rings. The number of hydrogen-bond acceptors (Lipinski definition) is 2. The molecule has 1 atom stereocenters. The lowest BCUT2D eigenvalue weighted by Gasteiger charge is -2.36. The highest BCUT2D eigenvalue weighted by Crippen LogP contribution is 2.48. The van der Waals surface area contributed by atoms with E-state index in [0.29, 0.717) is 17.5 Å². The Hall–Kier alpha value is -0.350. The van der Waals surface area contributed by atoms with Gasteiger partial charge in [-0.15, -0.1) is 0 Å². The summed E-state index contributed by atoms with van der Waals surface area (Å²) < 4.78 is 3.33. The van der Waals surface area contributed by atoms with Crippen molar-refractivity contribution in [3.8, 4) is 0 Å². The van der Waals surface area contributed by atoms with E-state index in [9.17, 15) is 0 Å². The van der Waals surface area contributed by atoms with E-state index in [1.54, 1.807) is 0 Å². The molecule has 1 saturated carbocycles. The first-order valence-electron chi connectivity index (χ1n) is 7.96. The zero-order valence-corrected chi connectivity index (χ0v) is 14.8. The van der Waals surface area contributed by atoms with Crippen molar-refractivity contribution >= 4 is 15.9 Å². The van der Waals surface area contributed by atoms with Crippen LogP contribution in [0.25, 0.3) is 0 Å². The first-order valence-corrected chi connectivity index (χ1v) is 8.75. The molecule has 1 aliphatic carbocycles. The van der Waals surface area contributed by atoms with Gasteiger partial charge in [-0.2, -0.15) is 5.10 Å². The largest absolute Gasteiger partial charge is 0.308 e. The minimum atomic E-state index is 0.352. The third kappa shape index (κ3) is 3.11. The first kappa shape index (κ1) is 16.0. The van der Waals surface area contributed by atoms with Gasteiger partial charge >= 0.3 is 0 Å². The van der Waals surface area contributed by atoms with Crippen LogP contribution in [0.15, 0.2) is 10.7 Å². The van der Waals surface area contributed by atoms with Crippen LogP contribution in [0.3, 0.4) is 0 Å². The van der Waals surface area contributed by atoms with E-state index in [-0.39, 0.29) is 0 Å². The number of aromatic nitrogens is 2. The molecule has 3 nitrogen and oxygen atoms in total. The molecule has 0 saturated heterocycles. The maximum Gasteiger partial charge on any atom is 0.0704 e. The predicted molar refractivity (Wildman–Crippen MR) is 87.9 cm³/mol. The van der Waals surface area contributed by atoms with Gasteiger partial charge in [-0.3, -0.25) is 4.68 Å². The molecule has 1 fully saturated rings. The van der Waals surface area contributed by atoms with Gasteiger partial charge in [-0.05, 0) is 61.0 Å². The molecule has 20 heavy (non-hydrogen) atoms. The molecule has 4 heteroatoms. The minimum absolute atomic E-state index is 0.352. The van der Waals surface area contributed by atoms with Crippen LogP contribution in [0.1, 0.15) is 77.6 Å². The van der Waals surface area contributed by atoms with Gasteiger partial charge in [-0.1, -0.05) is 26.7 Å². The highest BCUT2D eigenvalue weighted by atomic mass is 79.9. The molecule has 2 rings (SSSR count). The van der Waals surface area contributed by atoms with Crippen molar-refractivity contribution in [2.75, 3.05) is 6.54 Å². The van der Waals surface area contributed by atoms with E-state index >= 15 is 0 Å². The van der Waals surface area contributed by atoms with Crippen molar-refractivity contribution in [3.63, 3.8) is 0 Å². The van der Waals surface area contributed by atoms with Crippen molar-refractivity contribution in [2.45, 2.75) is 71.9 Å². The fourth-order valence-corrected chi connectivity index (χ4v) is 3.97. The third-order valence-electron chi connectivity index (χ3n) is 4.59. The zero-order chi connectivity index (χ0) is 14.8. The Labute approximate surface area is 131 Å². The summed E-state index contributed by atoms with van der Waals surface area (Å²) in [5, 5.41) is 8.38. The van der Waals surface area contributed by atoms with Gasteiger partial charge in [0, 0.05) is 6.04 Å². The Morgan fingerprint density at radius 3 is 2.60 bits per heavy atom. The standard InChI is InChI=1S/C16H28BrN3/c1-5-10-18-15(16(4)8-6-7-9-16)14-13(17)11-19-20(14)12(2)3/h11-12,15,18H,5-10H2,1-4H3. The van der Waals surface area contributed by atoms with E-state index in [1.807, 2.05) is 6.20 Å². The van der Waals surface area contributed by atoms with Crippen molar-refractivity contribution < 1.29 is 0 Å². The lowest BCUT2D eigenvalue weighted by atomic mass is 9.78. The summed E-state index contributed by atoms with van der Waals surface area (Å²) >= 11 is 3.73. The van der Waals surface area contributed by atoms with Crippen molar-refractivity contribution in [1.29, 1.82) is 0 Å². The lowest BCUT2D eigenvalue weighted by molar-refractivity contribution is 0.210. The second-order valence-electron chi connectivity index (χ2n) is 6.66. The molecule has 0 bridgehead atoms.